The van der Waals surface area contributed by atoms with E-state index in [1.807, 2.05) is 41.7 Å². The molecule has 0 aliphatic carbocycles. The average Bonchev–Trinajstić information content (AvgIpc) is 2.68. The fourth-order valence-electron chi connectivity index (χ4n) is 2.40. The van der Waals surface area contributed by atoms with Crippen LogP contribution in [0.5, 0.6) is 0 Å². The van der Waals surface area contributed by atoms with Crippen LogP contribution in [0.3, 0.4) is 0 Å². The van der Waals surface area contributed by atoms with Gasteiger partial charge in [-0.25, -0.2) is 0 Å². The Kier molecular flexibility index (Phi) is 4.55. The number of carbonyl (C=O) groups is 1. The van der Waals surface area contributed by atoms with Gasteiger partial charge in [-0.15, -0.1) is 0 Å². The van der Waals surface area contributed by atoms with Crippen LogP contribution in [0.25, 0.3) is 0 Å². The van der Waals surface area contributed by atoms with E-state index in [0.29, 0.717) is 6.54 Å². The first-order valence-electron chi connectivity index (χ1n) is 6.72. The van der Waals surface area contributed by atoms with E-state index in [1.54, 1.807) is 0 Å². The minimum absolute atomic E-state index is 0.213. The highest BCUT2D eigenvalue weighted by molar-refractivity contribution is 5.78. The van der Waals surface area contributed by atoms with Crippen LogP contribution in [0.1, 0.15) is 11.3 Å². The van der Waals surface area contributed by atoms with Crippen molar-refractivity contribution in [1.29, 1.82) is 0 Å². The van der Waals surface area contributed by atoms with E-state index in [2.05, 4.69) is 10.4 Å². The summed E-state index contributed by atoms with van der Waals surface area (Å²) in [5.41, 5.74) is 2.21. The molecule has 1 aromatic heterocycles. The lowest BCUT2D eigenvalue weighted by molar-refractivity contribution is -0.132. The van der Waals surface area contributed by atoms with Crippen molar-refractivity contribution in [1.82, 2.24) is 24.9 Å². The number of likely N-dealkylation sites (N-methyl/N-ethyl adjacent to an activating group) is 1. The fourth-order valence-corrected chi connectivity index (χ4v) is 2.40. The SMILES string of the molecule is Cc1nn(C)cc1CN(C)CC(=O)N1CCNCC1. The summed E-state index contributed by atoms with van der Waals surface area (Å²) in [6.45, 7) is 6.67. The Morgan fingerprint density at radius 1 is 1.47 bits per heavy atom. The minimum Gasteiger partial charge on any atom is -0.339 e. The predicted octanol–water partition coefficient (Wildman–Crippen LogP) is -0.408. The van der Waals surface area contributed by atoms with Gasteiger partial charge >= 0.3 is 0 Å². The fraction of sp³-hybridized carbons (Fsp3) is 0.692. The number of nitrogens with zero attached hydrogens (tertiary/aromatic N) is 4. The number of aromatic nitrogens is 2. The first-order chi connectivity index (χ1) is 9.06. The Labute approximate surface area is 114 Å². The number of nitrogens with one attached hydrogen (secondary N) is 1. The van der Waals surface area contributed by atoms with Gasteiger partial charge in [-0.3, -0.25) is 14.4 Å². The third-order valence-corrected chi connectivity index (χ3v) is 3.43. The van der Waals surface area contributed by atoms with Crippen molar-refractivity contribution in [3.63, 3.8) is 0 Å². The zero-order valence-electron chi connectivity index (χ0n) is 12.0. The van der Waals surface area contributed by atoms with Gasteiger partial charge in [0, 0.05) is 51.5 Å². The van der Waals surface area contributed by atoms with Gasteiger partial charge in [-0.05, 0) is 14.0 Å². The third-order valence-electron chi connectivity index (χ3n) is 3.43. The van der Waals surface area contributed by atoms with Gasteiger partial charge in [0.1, 0.15) is 0 Å². The highest BCUT2D eigenvalue weighted by Gasteiger charge is 2.18. The van der Waals surface area contributed by atoms with Crippen LogP contribution in [0, 0.1) is 6.92 Å². The molecule has 0 saturated carbocycles. The first-order valence-corrected chi connectivity index (χ1v) is 6.72. The molecule has 1 fully saturated rings. The molecule has 1 saturated heterocycles. The molecule has 0 unspecified atom stereocenters. The van der Waals surface area contributed by atoms with Gasteiger partial charge in [-0.1, -0.05) is 0 Å². The normalized spacial score (nSPS) is 16.1. The third kappa shape index (κ3) is 3.78. The molecule has 1 aromatic rings. The summed E-state index contributed by atoms with van der Waals surface area (Å²) < 4.78 is 1.82. The summed E-state index contributed by atoms with van der Waals surface area (Å²) in [6.07, 6.45) is 2.02. The van der Waals surface area contributed by atoms with Gasteiger partial charge in [0.15, 0.2) is 0 Å². The smallest absolute Gasteiger partial charge is 0.236 e. The second kappa shape index (κ2) is 6.16. The zero-order valence-corrected chi connectivity index (χ0v) is 12.0. The van der Waals surface area contributed by atoms with Crippen molar-refractivity contribution < 1.29 is 4.79 Å². The second-order valence-corrected chi connectivity index (χ2v) is 5.22. The van der Waals surface area contributed by atoms with Crippen LogP contribution in [0.4, 0.5) is 0 Å². The van der Waals surface area contributed by atoms with Crippen molar-refractivity contribution in [2.45, 2.75) is 13.5 Å². The lowest BCUT2D eigenvalue weighted by Gasteiger charge is -2.29. The molecule has 0 spiro atoms. The predicted molar refractivity (Wildman–Crippen MR) is 73.7 cm³/mol. The van der Waals surface area contributed by atoms with E-state index < -0.39 is 0 Å². The van der Waals surface area contributed by atoms with Crippen molar-refractivity contribution in [2.24, 2.45) is 7.05 Å². The molecule has 2 rings (SSSR count). The zero-order chi connectivity index (χ0) is 13.8. The van der Waals surface area contributed by atoms with Crippen LogP contribution < -0.4 is 5.32 Å². The summed E-state index contributed by atoms with van der Waals surface area (Å²) in [6, 6.07) is 0. The van der Waals surface area contributed by atoms with E-state index in [-0.39, 0.29) is 5.91 Å². The van der Waals surface area contributed by atoms with Crippen molar-refractivity contribution in [2.75, 3.05) is 39.8 Å². The maximum atomic E-state index is 12.1. The van der Waals surface area contributed by atoms with Crippen molar-refractivity contribution >= 4 is 5.91 Å². The molecule has 1 N–H and O–H groups in total. The molecule has 0 atom stereocenters. The van der Waals surface area contributed by atoms with E-state index >= 15 is 0 Å². The average molecular weight is 265 g/mol. The Hall–Kier alpha value is -1.40. The van der Waals surface area contributed by atoms with Crippen LogP contribution >= 0.6 is 0 Å². The molecule has 0 radical (unpaired) electrons. The maximum absolute atomic E-state index is 12.1. The molecule has 1 aliphatic heterocycles. The van der Waals surface area contributed by atoms with Gasteiger partial charge in [-0.2, -0.15) is 5.10 Å². The van der Waals surface area contributed by atoms with Crippen molar-refractivity contribution in [3.05, 3.63) is 17.5 Å². The van der Waals surface area contributed by atoms with Gasteiger partial charge in [0.2, 0.25) is 5.91 Å². The van der Waals surface area contributed by atoms with Gasteiger partial charge in [0.05, 0.1) is 12.2 Å². The largest absolute Gasteiger partial charge is 0.339 e. The lowest BCUT2D eigenvalue weighted by Crippen LogP contribution is -2.49. The molecule has 1 amide bonds. The van der Waals surface area contributed by atoms with Crippen molar-refractivity contribution in [3.8, 4) is 0 Å². The van der Waals surface area contributed by atoms with E-state index in [4.69, 9.17) is 0 Å². The quantitative estimate of drug-likeness (QED) is 0.804. The molecular weight excluding hydrogens is 242 g/mol. The van der Waals surface area contributed by atoms with Crippen LogP contribution in [-0.2, 0) is 18.4 Å². The molecule has 19 heavy (non-hydrogen) atoms. The topological polar surface area (TPSA) is 53.4 Å². The number of hydrogen-bond acceptors (Lipinski definition) is 4. The Bertz CT molecular complexity index is 436. The first kappa shape index (κ1) is 14.0. The Morgan fingerprint density at radius 3 is 2.74 bits per heavy atom. The Morgan fingerprint density at radius 2 is 2.16 bits per heavy atom. The summed E-state index contributed by atoms with van der Waals surface area (Å²) in [5, 5.41) is 7.57. The van der Waals surface area contributed by atoms with Crippen LogP contribution in [0.2, 0.25) is 0 Å². The molecule has 2 heterocycles. The second-order valence-electron chi connectivity index (χ2n) is 5.22. The van der Waals surface area contributed by atoms with E-state index in [1.165, 1.54) is 5.56 Å². The molecular formula is C13H23N5O. The maximum Gasteiger partial charge on any atom is 0.236 e. The molecule has 6 nitrogen and oxygen atoms in total. The summed E-state index contributed by atoms with van der Waals surface area (Å²) in [7, 11) is 3.90. The molecule has 6 heteroatoms. The molecule has 0 aromatic carbocycles. The summed E-state index contributed by atoms with van der Waals surface area (Å²) >= 11 is 0. The molecule has 106 valence electrons. The number of hydrogen-bond donors (Lipinski definition) is 1. The van der Waals surface area contributed by atoms with Gasteiger partial charge < -0.3 is 10.2 Å². The lowest BCUT2D eigenvalue weighted by atomic mass is 10.2. The number of amides is 1. The van der Waals surface area contributed by atoms with Crippen LogP contribution in [-0.4, -0.2) is 65.3 Å². The number of piperazine rings is 1. The highest BCUT2D eigenvalue weighted by atomic mass is 16.2. The highest BCUT2D eigenvalue weighted by Crippen LogP contribution is 2.08. The summed E-state index contributed by atoms with van der Waals surface area (Å²) in [4.78, 5) is 16.1. The van der Waals surface area contributed by atoms with Gasteiger partial charge in [0.25, 0.3) is 0 Å². The number of carbonyl (C=O) groups excluding carboxylic acids is 1. The van der Waals surface area contributed by atoms with E-state index in [9.17, 15) is 4.79 Å². The van der Waals surface area contributed by atoms with Crippen LogP contribution in [0.15, 0.2) is 6.20 Å². The number of rotatable bonds is 4. The molecule has 1 aliphatic rings. The summed E-state index contributed by atoms with van der Waals surface area (Å²) in [5.74, 6) is 0.213. The van der Waals surface area contributed by atoms with E-state index in [0.717, 1.165) is 38.4 Å². The Balaban J connectivity index is 1.85. The molecule has 0 bridgehead atoms. The standard InChI is InChI=1S/C13H23N5O/c1-11-12(9-17(3)15-11)8-16(2)10-13(19)18-6-4-14-5-7-18/h9,14H,4-8,10H2,1-3H3. The number of aryl methyl sites for hydroxylation is 2. The minimum atomic E-state index is 0.213. The monoisotopic (exact) mass is 265 g/mol.